The number of nitrogens with zero attached hydrogens (tertiary/aromatic N) is 2. The number of hydrogen-bond acceptors (Lipinski definition) is 3. The lowest BCUT2D eigenvalue weighted by atomic mass is 10.3. The summed E-state index contributed by atoms with van der Waals surface area (Å²) in [5.74, 6) is 0.804. The van der Waals surface area contributed by atoms with E-state index in [1.165, 1.54) is 6.34 Å². The van der Waals surface area contributed by atoms with Crippen LogP contribution < -0.4 is 10.2 Å². The van der Waals surface area contributed by atoms with Gasteiger partial charge in [-0.15, -0.1) is 0 Å². The Labute approximate surface area is 105 Å². The van der Waals surface area contributed by atoms with Gasteiger partial charge in [-0.1, -0.05) is 0 Å². The van der Waals surface area contributed by atoms with E-state index >= 15 is 0 Å². The summed E-state index contributed by atoms with van der Waals surface area (Å²) < 4.78 is 7.66. The van der Waals surface area contributed by atoms with Crippen LogP contribution in [0.4, 0.5) is 5.69 Å². The Morgan fingerprint density at radius 1 is 1.22 bits per heavy atom. The molecule has 0 aliphatic heterocycles. The number of hydroxylamine groups is 1. The second-order valence-electron chi connectivity index (χ2n) is 3.65. The van der Waals surface area contributed by atoms with E-state index in [9.17, 15) is 0 Å². The van der Waals surface area contributed by atoms with E-state index in [1.807, 2.05) is 54.3 Å². The summed E-state index contributed by atoms with van der Waals surface area (Å²) in [7, 11) is 0. The van der Waals surface area contributed by atoms with Crippen molar-refractivity contribution in [3.05, 3.63) is 48.8 Å². The average Bonchev–Trinajstić information content (AvgIpc) is 2.91. The summed E-state index contributed by atoms with van der Waals surface area (Å²) in [6, 6.07) is 11.3. The normalized spacial score (nSPS) is 10.7. The summed E-state index contributed by atoms with van der Waals surface area (Å²) in [6.07, 6.45) is 5.22. The van der Waals surface area contributed by atoms with Gasteiger partial charge >= 0.3 is 0 Å². The molecule has 2 N–H and O–H groups in total. The molecule has 0 radical (unpaired) electrons. The fourth-order valence-electron chi connectivity index (χ4n) is 1.52. The van der Waals surface area contributed by atoms with Crippen LogP contribution >= 0.6 is 0 Å². The van der Waals surface area contributed by atoms with Crippen LogP contribution in [-0.4, -0.2) is 22.7 Å². The molecular formula is C13H15N3O2. The lowest BCUT2D eigenvalue weighted by molar-refractivity contribution is 0.240. The number of aromatic nitrogens is 1. The Balaban J connectivity index is 1.81. The minimum atomic E-state index is 0.621. The largest absolute Gasteiger partial charge is 0.492 e. The predicted octanol–water partition coefficient (Wildman–Crippen LogP) is 2.21. The molecule has 5 nitrogen and oxygen atoms in total. The molecule has 18 heavy (non-hydrogen) atoms. The zero-order valence-electron chi connectivity index (χ0n) is 9.86. The van der Waals surface area contributed by atoms with Crippen LogP contribution in [0.25, 0.3) is 0 Å². The molecule has 0 fully saturated rings. The van der Waals surface area contributed by atoms with E-state index in [4.69, 9.17) is 9.94 Å². The van der Waals surface area contributed by atoms with Crippen molar-refractivity contribution in [1.29, 1.82) is 0 Å². The lowest BCUT2D eigenvalue weighted by Gasteiger charge is -2.07. The zero-order chi connectivity index (χ0) is 12.6. The van der Waals surface area contributed by atoms with Crippen LogP contribution in [0.1, 0.15) is 0 Å². The van der Waals surface area contributed by atoms with E-state index < -0.39 is 0 Å². The third kappa shape index (κ3) is 3.64. The minimum absolute atomic E-state index is 0.621. The van der Waals surface area contributed by atoms with Crippen molar-refractivity contribution >= 4 is 12.0 Å². The molecule has 1 heterocycles. The van der Waals surface area contributed by atoms with Gasteiger partial charge in [0, 0.05) is 12.4 Å². The molecule has 2 rings (SSSR count). The van der Waals surface area contributed by atoms with Gasteiger partial charge in [-0.3, -0.25) is 10.7 Å². The van der Waals surface area contributed by atoms with Crippen molar-refractivity contribution in [3.8, 4) is 5.75 Å². The highest BCUT2D eigenvalue weighted by Gasteiger charge is 1.94. The Kier molecular flexibility index (Phi) is 4.38. The van der Waals surface area contributed by atoms with Gasteiger partial charge < -0.3 is 9.30 Å². The van der Waals surface area contributed by atoms with Crippen molar-refractivity contribution in [2.45, 2.75) is 6.54 Å². The quantitative estimate of drug-likeness (QED) is 0.466. The zero-order valence-corrected chi connectivity index (χ0v) is 9.86. The SMILES string of the molecule is ONC=Nc1ccc(OCCn2cccc2)cc1. The topological polar surface area (TPSA) is 58.8 Å². The average molecular weight is 245 g/mol. The highest BCUT2D eigenvalue weighted by Crippen LogP contribution is 2.17. The molecule has 5 heteroatoms. The minimum Gasteiger partial charge on any atom is -0.492 e. The van der Waals surface area contributed by atoms with Crippen LogP contribution in [0.2, 0.25) is 0 Å². The second-order valence-corrected chi connectivity index (χ2v) is 3.65. The number of rotatable bonds is 6. The Morgan fingerprint density at radius 2 is 1.94 bits per heavy atom. The van der Waals surface area contributed by atoms with E-state index in [1.54, 1.807) is 0 Å². The molecule has 0 atom stereocenters. The second kappa shape index (κ2) is 6.46. The van der Waals surface area contributed by atoms with Gasteiger partial charge in [0.15, 0.2) is 0 Å². The molecule has 1 aromatic carbocycles. The smallest absolute Gasteiger partial charge is 0.119 e. The third-order valence-corrected chi connectivity index (χ3v) is 2.39. The molecule has 0 saturated heterocycles. The van der Waals surface area contributed by atoms with Crippen molar-refractivity contribution in [1.82, 2.24) is 10.0 Å². The molecule has 0 unspecified atom stereocenters. The van der Waals surface area contributed by atoms with Gasteiger partial charge in [0.05, 0.1) is 12.2 Å². The number of benzene rings is 1. The highest BCUT2D eigenvalue weighted by atomic mass is 16.5. The van der Waals surface area contributed by atoms with Gasteiger partial charge in [-0.25, -0.2) is 4.99 Å². The Bertz CT molecular complexity index is 477. The summed E-state index contributed by atoms with van der Waals surface area (Å²) in [6.45, 7) is 1.44. The van der Waals surface area contributed by atoms with Crippen molar-refractivity contribution < 1.29 is 9.94 Å². The first-order valence-corrected chi connectivity index (χ1v) is 5.64. The summed E-state index contributed by atoms with van der Waals surface area (Å²) in [5, 5.41) is 8.36. The van der Waals surface area contributed by atoms with Gasteiger partial charge in [0.2, 0.25) is 0 Å². The van der Waals surface area contributed by atoms with Gasteiger partial charge in [0.1, 0.15) is 18.7 Å². The van der Waals surface area contributed by atoms with Crippen LogP contribution in [0.3, 0.4) is 0 Å². The molecule has 1 aromatic heterocycles. The number of hydrogen-bond donors (Lipinski definition) is 2. The Hall–Kier alpha value is -2.27. The molecule has 0 aliphatic carbocycles. The molecular weight excluding hydrogens is 230 g/mol. The molecule has 0 bridgehead atoms. The van der Waals surface area contributed by atoms with Gasteiger partial charge in [0.25, 0.3) is 0 Å². The van der Waals surface area contributed by atoms with Crippen LogP contribution in [-0.2, 0) is 6.54 Å². The first-order valence-electron chi connectivity index (χ1n) is 5.64. The molecule has 0 saturated carbocycles. The lowest BCUT2D eigenvalue weighted by Crippen LogP contribution is -2.06. The summed E-state index contributed by atoms with van der Waals surface area (Å²) in [4.78, 5) is 3.94. The standard InChI is InChI=1S/C13H15N3O2/c17-15-11-14-12-3-5-13(6-4-12)18-10-9-16-7-1-2-8-16/h1-8,11,17H,9-10H2,(H,14,15). The summed E-state index contributed by atoms with van der Waals surface area (Å²) >= 11 is 0. The maximum atomic E-state index is 8.36. The third-order valence-electron chi connectivity index (χ3n) is 2.39. The molecule has 94 valence electrons. The first kappa shape index (κ1) is 12.2. The molecule has 0 spiro atoms. The van der Waals surface area contributed by atoms with Crippen LogP contribution in [0, 0.1) is 0 Å². The fraction of sp³-hybridized carbons (Fsp3) is 0.154. The molecule has 2 aromatic rings. The number of nitrogens with one attached hydrogen (secondary N) is 1. The fourth-order valence-corrected chi connectivity index (χ4v) is 1.52. The van der Waals surface area contributed by atoms with Crippen LogP contribution in [0.15, 0.2) is 53.8 Å². The summed E-state index contributed by atoms with van der Waals surface area (Å²) in [5.41, 5.74) is 2.60. The molecule has 0 amide bonds. The maximum Gasteiger partial charge on any atom is 0.119 e. The number of ether oxygens (including phenoxy) is 1. The van der Waals surface area contributed by atoms with E-state index in [-0.39, 0.29) is 0 Å². The van der Waals surface area contributed by atoms with E-state index in [0.717, 1.165) is 18.0 Å². The van der Waals surface area contributed by atoms with Crippen molar-refractivity contribution in [2.75, 3.05) is 6.61 Å². The number of aliphatic imine (C=N–C) groups is 1. The van der Waals surface area contributed by atoms with Crippen LogP contribution in [0.5, 0.6) is 5.75 Å². The van der Waals surface area contributed by atoms with Gasteiger partial charge in [-0.2, -0.15) is 0 Å². The van der Waals surface area contributed by atoms with Gasteiger partial charge in [-0.05, 0) is 36.4 Å². The maximum absolute atomic E-state index is 8.36. The monoisotopic (exact) mass is 245 g/mol. The predicted molar refractivity (Wildman–Crippen MR) is 69.4 cm³/mol. The Morgan fingerprint density at radius 3 is 2.61 bits per heavy atom. The van der Waals surface area contributed by atoms with Crippen molar-refractivity contribution in [3.63, 3.8) is 0 Å². The van der Waals surface area contributed by atoms with E-state index in [2.05, 4.69) is 9.56 Å². The first-order chi connectivity index (χ1) is 8.88. The molecule has 0 aliphatic rings. The van der Waals surface area contributed by atoms with Crippen molar-refractivity contribution in [2.24, 2.45) is 4.99 Å². The van der Waals surface area contributed by atoms with E-state index in [0.29, 0.717) is 6.61 Å². The highest BCUT2D eigenvalue weighted by molar-refractivity contribution is 5.59.